The molecule has 0 aliphatic carbocycles. The van der Waals surface area contributed by atoms with Gasteiger partial charge in [-0.1, -0.05) is 30.3 Å². The molecule has 0 aromatic heterocycles. The zero-order chi connectivity index (χ0) is 8.97. The number of carbonyl (C=O) groups excluding carboxylic acids is 1. The van der Waals surface area contributed by atoms with Crippen molar-refractivity contribution in [3.05, 3.63) is 35.9 Å². The number of quaternary nitrogens is 1. The van der Waals surface area contributed by atoms with Crippen molar-refractivity contribution in [2.45, 2.75) is 5.92 Å². The molecular formula is C9H13NO3. The Morgan fingerprint density at radius 1 is 1.38 bits per heavy atom. The molecule has 0 heterocycles. The topological polar surface area (TPSA) is 96.9 Å². The van der Waals surface area contributed by atoms with Crippen molar-refractivity contribution in [1.29, 1.82) is 0 Å². The minimum absolute atomic E-state index is 0. The minimum Gasteiger partial charge on any atom is -0.549 e. The molecule has 13 heavy (non-hydrogen) atoms. The van der Waals surface area contributed by atoms with Crippen molar-refractivity contribution in [1.82, 2.24) is 6.15 Å². The van der Waals surface area contributed by atoms with Crippen molar-refractivity contribution >= 4 is 5.97 Å². The normalized spacial score (nSPS) is 11.5. The lowest BCUT2D eigenvalue weighted by molar-refractivity contribution is -0.308. The van der Waals surface area contributed by atoms with E-state index in [0.717, 1.165) is 0 Å². The predicted octanol–water partition coefficient (Wildman–Crippen LogP) is -0.111. The molecule has 1 aromatic carbocycles. The van der Waals surface area contributed by atoms with E-state index in [4.69, 9.17) is 5.11 Å². The molecule has 0 spiro atoms. The lowest BCUT2D eigenvalue weighted by atomic mass is 10.0. The summed E-state index contributed by atoms with van der Waals surface area (Å²) in [5.74, 6) is -2.16. The first-order chi connectivity index (χ1) is 5.75. The largest absolute Gasteiger partial charge is 0.549 e. The Balaban J connectivity index is 0.00000144. The van der Waals surface area contributed by atoms with Crippen LogP contribution in [0, 0.1) is 0 Å². The SMILES string of the molecule is O=C([O-])C(CO)c1ccccc1.[NH4+]. The van der Waals surface area contributed by atoms with Crippen LogP contribution in [0.3, 0.4) is 0 Å². The van der Waals surface area contributed by atoms with E-state index in [9.17, 15) is 9.90 Å². The Hall–Kier alpha value is -1.39. The second-order valence-corrected chi connectivity index (χ2v) is 2.46. The van der Waals surface area contributed by atoms with Crippen LogP contribution >= 0.6 is 0 Å². The van der Waals surface area contributed by atoms with Gasteiger partial charge in [0.15, 0.2) is 0 Å². The molecule has 0 aliphatic heterocycles. The third-order valence-corrected chi connectivity index (χ3v) is 1.67. The molecule has 1 atom stereocenters. The summed E-state index contributed by atoms with van der Waals surface area (Å²) >= 11 is 0. The van der Waals surface area contributed by atoms with Gasteiger partial charge < -0.3 is 21.2 Å². The highest BCUT2D eigenvalue weighted by atomic mass is 16.4. The number of hydrogen-bond donors (Lipinski definition) is 2. The molecule has 0 saturated carbocycles. The summed E-state index contributed by atoms with van der Waals surface area (Å²) in [4.78, 5) is 10.5. The number of carbonyl (C=O) groups is 1. The first kappa shape index (κ1) is 11.6. The average Bonchev–Trinajstić information content (AvgIpc) is 2.07. The highest BCUT2D eigenvalue weighted by Crippen LogP contribution is 2.12. The van der Waals surface area contributed by atoms with E-state index in [1.54, 1.807) is 30.3 Å². The lowest BCUT2D eigenvalue weighted by Crippen LogP contribution is -2.31. The van der Waals surface area contributed by atoms with Gasteiger partial charge in [-0.2, -0.15) is 0 Å². The molecule has 72 valence electrons. The Morgan fingerprint density at radius 2 is 1.92 bits per heavy atom. The van der Waals surface area contributed by atoms with Crippen molar-refractivity contribution in [3.8, 4) is 0 Å². The average molecular weight is 183 g/mol. The van der Waals surface area contributed by atoms with Crippen LogP contribution in [-0.2, 0) is 4.79 Å². The van der Waals surface area contributed by atoms with E-state index < -0.39 is 18.5 Å². The van der Waals surface area contributed by atoms with Gasteiger partial charge in [0, 0.05) is 5.92 Å². The van der Waals surface area contributed by atoms with Crippen molar-refractivity contribution < 1.29 is 15.0 Å². The number of carboxylic acid groups (broad SMARTS) is 1. The summed E-state index contributed by atoms with van der Waals surface area (Å²) in [6, 6.07) is 8.53. The van der Waals surface area contributed by atoms with Crippen LogP contribution in [-0.4, -0.2) is 17.7 Å². The molecule has 0 bridgehead atoms. The maximum atomic E-state index is 10.5. The number of benzene rings is 1. The molecule has 0 fully saturated rings. The number of aliphatic hydroxyl groups excluding tert-OH is 1. The van der Waals surface area contributed by atoms with E-state index in [2.05, 4.69) is 0 Å². The molecular weight excluding hydrogens is 170 g/mol. The summed E-state index contributed by atoms with van der Waals surface area (Å²) in [6.07, 6.45) is 0. The highest BCUT2D eigenvalue weighted by Gasteiger charge is 2.09. The van der Waals surface area contributed by atoms with Gasteiger partial charge in [0.2, 0.25) is 0 Å². The second-order valence-electron chi connectivity index (χ2n) is 2.46. The first-order valence-electron chi connectivity index (χ1n) is 3.62. The van der Waals surface area contributed by atoms with Gasteiger partial charge in [0.05, 0.1) is 12.6 Å². The van der Waals surface area contributed by atoms with Gasteiger partial charge in [-0.05, 0) is 5.56 Å². The Labute approximate surface area is 76.4 Å². The van der Waals surface area contributed by atoms with Gasteiger partial charge in [0.25, 0.3) is 0 Å². The predicted molar refractivity (Wildman–Crippen MR) is 47.3 cm³/mol. The molecule has 4 nitrogen and oxygen atoms in total. The van der Waals surface area contributed by atoms with E-state index in [1.165, 1.54) is 0 Å². The summed E-state index contributed by atoms with van der Waals surface area (Å²) in [6.45, 7) is -0.424. The fourth-order valence-electron chi connectivity index (χ4n) is 1.00. The maximum Gasteiger partial charge on any atom is 0.0552 e. The highest BCUT2D eigenvalue weighted by molar-refractivity contribution is 5.74. The fraction of sp³-hybridized carbons (Fsp3) is 0.222. The minimum atomic E-state index is -1.25. The molecule has 1 aromatic rings. The lowest BCUT2D eigenvalue weighted by Gasteiger charge is -2.14. The van der Waals surface area contributed by atoms with E-state index in [1.807, 2.05) is 0 Å². The molecule has 5 N–H and O–H groups in total. The monoisotopic (exact) mass is 183 g/mol. The van der Waals surface area contributed by atoms with Crippen molar-refractivity contribution in [3.63, 3.8) is 0 Å². The third-order valence-electron chi connectivity index (χ3n) is 1.67. The molecule has 0 amide bonds. The van der Waals surface area contributed by atoms with Crippen molar-refractivity contribution in [2.75, 3.05) is 6.61 Å². The molecule has 0 saturated heterocycles. The third kappa shape index (κ3) is 2.85. The Bertz CT molecular complexity index is 261. The fourth-order valence-corrected chi connectivity index (χ4v) is 1.00. The quantitative estimate of drug-likeness (QED) is 0.684. The molecule has 1 unspecified atom stereocenters. The van der Waals surface area contributed by atoms with Gasteiger partial charge >= 0.3 is 0 Å². The summed E-state index contributed by atoms with van der Waals surface area (Å²) < 4.78 is 0. The summed E-state index contributed by atoms with van der Waals surface area (Å²) in [7, 11) is 0. The number of carboxylic acids is 1. The van der Waals surface area contributed by atoms with Gasteiger partial charge in [-0.15, -0.1) is 0 Å². The van der Waals surface area contributed by atoms with Gasteiger partial charge in [-0.25, -0.2) is 0 Å². The maximum absolute atomic E-state index is 10.5. The Kier molecular flexibility index (Phi) is 4.72. The first-order valence-corrected chi connectivity index (χ1v) is 3.62. The molecule has 1 rings (SSSR count). The van der Waals surface area contributed by atoms with Crippen molar-refractivity contribution in [2.24, 2.45) is 0 Å². The standard InChI is InChI=1S/C9H10O3.H3N/c10-6-8(9(11)12)7-4-2-1-3-5-7;/h1-5,8,10H,6H2,(H,11,12);1H3. The summed E-state index contributed by atoms with van der Waals surface area (Å²) in [5.41, 5.74) is 0.569. The van der Waals surface area contributed by atoms with Crippen LogP contribution in [0.5, 0.6) is 0 Å². The number of aliphatic hydroxyl groups is 1. The molecule has 4 heteroatoms. The van der Waals surface area contributed by atoms with Crippen LogP contribution in [0.2, 0.25) is 0 Å². The molecule has 0 aliphatic rings. The van der Waals surface area contributed by atoms with E-state index in [0.29, 0.717) is 5.56 Å². The molecule has 0 radical (unpaired) electrons. The van der Waals surface area contributed by atoms with Gasteiger partial charge in [-0.3, -0.25) is 0 Å². The number of aliphatic carboxylic acids is 1. The van der Waals surface area contributed by atoms with Crippen LogP contribution in [0.1, 0.15) is 11.5 Å². The van der Waals surface area contributed by atoms with Crippen LogP contribution in [0.25, 0.3) is 0 Å². The number of hydrogen-bond acceptors (Lipinski definition) is 3. The van der Waals surface area contributed by atoms with E-state index >= 15 is 0 Å². The van der Waals surface area contributed by atoms with E-state index in [-0.39, 0.29) is 6.15 Å². The van der Waals surface area contributed by atoms with Crippen LogP contribution in [0.4, 0.5) is 0 Å². The summed E-state index contributed by atoms with van der Waals surface area (Å²) in [5, 5.41) is 19.2. The van der Waals surface area contributed by atoms with Crippen LogP contribution in [0.15, 0.2) is 30.3 Å². The smallest absolute Gasteiger partial charge is 0.0552 e. The van der Waals surface area contributed by atoms with Gasteiger partial charge in [0.1, 0.15) is 0 Å². The van der Waals surface area contributed by atoms with Crippen LogP contribution < -0.4 is 11.3 Å². The zero-order valence-corrected chi connectivity index (χ0v) is 7.43. The Morgan fingerprint density at radius 3 is 2.31 bits per heavy atom. The number of rotatable bonds is 3. The zero-order valence-electron chi connectivity index (χ0n) is 7.43. The second kappa shape index (κ2) is 5.29.